The van der Waals surface area contributed by atoms with Crippen molar-refractivity contribution in [1.29, 1.82) is 0 Å². The summed E-state index contributed by atoms with van der Waals surface area (Å²) in [6.45, 7) is 5.89. The Labute approximate surface area is 108 Å². The second-order valence-electron chi connectivity index (χ2n) is 4.17. The third kappa shape index (κ3) is 5.46. The zero-order chi connectivity index (χ0) is 14.2. The quantitative estimate of drug-likeness (QED) is 0.641. The summed E-state index contributed by atoms with van der Waals surface area (Å²) in [7, 11) is 1.47. The third-order valence-corrected chi connectivity index (χ3v) is 2.90. The van der Waals surface area contributed by atoms with Crippen LogP contribution in [0.15, 0.2) is 0 Å². The predicted molar refractivity (Wildman–Crippen MR) is 66.4 cm³/mol. The molecule has 0 spiro atoms. The molecule has 0 rings (SSSR count). The Morgan fingerprint density at radius 1 is 1.39 bits per heavy atom. The van der Waals surface area contributed by atoms with Crippen molar-refractivity contribution < 1.29 is 24.2 Å². The van der Waals surface area contributed by atoms with Gasteiger partial charge in [0.05, 0.1) is 12.5 Å². The maximum Gasteiger partial charge on any atom is 0.306 e. The van der Waals surface area contributed by atoms with Gasteiger partial charge in [-0.3, -0.25) is 9.59 Å². The smallest absolute Gasteiger partial charge is 0.306 e. The molecule has 0 radical (unpaired) electrons. The van der Waals surface area contributed by atoms with Crippen LogP contribution in [0.1, 0.15) is 33.6 Å². The molecule has 0 heterocycles. The van der Waals surface area contributed by atoms with Crippen LogP contribution in [0.5, 0.6) is 0 Å². The Morgan fingerprint density at radius 3 is 2.39 bits per heavy atom. The Hall–Kier alpha value is -1.14. The molecule has 6 nitrogen and oxygen atoms in total. The standard InChI is InChI=1S/C12H23NO5/c1-5-12(3,17-4)11(16)13-8-9(18-6-2)7-10(14)15/h9H,5-8H2,1-4H3,(H,13,16)(H,14,15). The third-order valence-electron chi connectivity index (χ3n) is 2.90. The van der Waals surface area contributed by atoms with Gasteiger partial charge in [-0.25, -0.2) is 0 Å². The summed E-state index contributed by atoms with van der Waals surface area (Å²) in [4.78, 5) is 22.5. The minimum Gasteiger partial charge on any atom is -0.481 e. The molecule has 106 valence electrons. The van der Waals surface area contributed by atoms with Gasteiger partial charge in [0.25, 0.3) is 5.91 Å². The van der Waals surface area contributed by atoms with E-state index in [9.17, 15) is 9.59 Å². The van der Waals surface area contributed by atoms with E-state index in [1.54, 1.807) is 13.8 Å². The molecule has 18 heavy (non-hydrogen) atoms. The summed E-state index contributed by atoms with van der Waals surface area (Å²) in [6.07, 6.45) is -0.119. The number of ether oxygens (including phenoxy) is 2. The van der Waals surface area contributed by atoms with Gasteiger partial charge in [0.15, 0.2) is 0 Å². The molecule has 1 amide bonds. The van der Waals surface area contributed by atoms with Gasteiger partial charge in [0.1, 0.15) is 5.60 Å². The first-order valence-electron chi connectivity index (χ1n) is 6.06. The van der Waals surface area contributed by atoms with Gasteiger partial charge in [-0.15, -0.1) is 0 Å². The van der Waals surface area contributed by atoms with Crippen LogP contribution in [0.2, 0.25) is 0 Å². The molecule has 0 aliphatic carbocycles. The van der Waals surface area contributed by atoms with Gasteiger partial charge in [-0.1, -0.05) is 6.92 Å². The SMILES string of the molecule is CCOC(CNC(=O)C(C)(CC)OC)CC(=O)O. The van der Waals surface area contributed by atoms with Crippen LogP contribution in [0.3, 0.4) is 0 Å². The average molecular weight is 261 g/mol. The van der Waals surface area contributed by atoms with Crippen LogP contribution in [-0.4, -0.2) is 48.9 Å². The highest BCUT2D eigenvalue weighted by Gasteiger charge is 2.31. The summed E-state index contributed by atoms with van der Waals surface area (Å²) in [5.41, 5.74) is -0.889. The summed E-state index contributed by atoms with van der Waals surface area (Å²) < 4.78 is 10.4. The van der Waals surface area contributed by atoms with E-state index in [-0.39, 0.29) is 18.9 Å². The van der Waals surface area contributed by atoms with Crippen molar-refractivity contribution in [3.8, 4) is 0 Å². The highest BCUT2D eigenvalue weighted by Crippen LogP contribution is 2.13. The Morgan fingerprint density at radius 2 is 2.00 bits per heavy atom. The van der Waals surface area contributed by atoms with E-state index in [0.717, 1.165) is 0 Å². The monoisotopic (exact) mass is 261 g/mol. The molecule has 0 bridgehead atoms. The summed E-state index contributed by atoms with van der Waals surface area (Å²) in [5, 5.41) is 11.4. The summed E-state index contributed by atoms with van der Waals surface area (Å²) in [5.74, 6) is -1.21. The number of amides is 1. The molecule has 6 heteroatoms. The average Bonchev–Trinajstić information content (AvgIpc) is 2.34. The molecule has 0 saturated carbocycles. The fourth-order valence-corrected chi connectivity index (χ4v) is 1.41. The Bertz CT molecular complexity index is 276. The highest BCUT2D eigenvalue weighted by molar-refractivity contribution is 5.84. The molecule has 0 fully saturated rings. The number of nitrogens with one attached hydrogen (secondary N) is 1. The fourth-order valence-electron chi connectivity index (χ4n) is 1.41. The van der Waals surface area contributed by atoms with Crippen LogP contribution < -0.4 is 5.32 Å². The van der Waals surface area contributed by atoms with E-state index < -0.39 is 17.7 Å². The number of carboxylic acid groups (broad SMARTS) is 1. The number of rotatable bonds is 9. The molecule has 0 aromatic carbocycles. The molecule has 0 aromatic heterocycles. The van der Waals surface area contributed by atoms with E-state index in [4.69, 9.17) is 14.6 Å². The number of aliphatic carboxylic acids is 1. The van der Waals surface area contributed by atoms with E-state index in [1.165, 1.54) is 7.11 Å². The number of carbonyl (C=O) groups excluding carboxylic acids is 1. The topological polar surface area (TPSA) is 84.9 Å². The van der Waals surface area contributed by atoms with Gasteiger partial charge in [0, 0.05) is 20.3 Å². The van der Waals surface area contributed by atoms with E-state index in [1.807, 2.05) is 6.92 Å². The highest BCUT2D eigenvalue weighted by atomic mass is 16.5. The van der Waals surface area contributed by atoms with Gasteiger partial charge >= 0.3 is 5.97 Å². The molecular weight excluding hydrogens is 238 g/mol. The molecule has 2 N–H and O–H groups in total. The minimum atomic E-state index is -0.951. The molecular formula is C12H23NO5. The van der Waals surface area contributed by atoms with Crippen LogP contribution in [0.4, 0.5) is 0 Å². The van der Waals surface area contributed by atoms with Crippen LogP contribution in [0.25, 0.3) is 0 Å². The minimum absolute atomic E-state index is 0.135. The number of hydrogen-bond donors (Lipinski definition) is 2. The summed E-state index contributed by atoms with van der Waals surface area (Å²) in [6, 6.07) is 0. The lowest BCUT2D eigenvalue weighted by Gasteiger charge is -2.26. The van der Waals surface area contributed by atoms with Gasteiger partial charge in [0.2, 0.25) is 0 Å². The van der Waals surface area contributed by atoms with E-state index in [0.29, 0.717) is 13.0 Å². The van der Waals surface area contributed by atoms with Gasteiger partial charge in [-0.2, -0.15) is 0 Å². The molecule has 0 saturated heterocycles. The number of carboxylic acids is 1. The molecule has 0 aliphatic rings. The van der Waals surface area contributed by atoms with Crippen LogP contribution in [0, 0.1) is 0 Å². The molecule has 0 aliphatic heterocycles. The lowest BCUT2D eigenvalue weighted by molar-refractivity contribution is -0.144. The van der Waals surface area contributed by atoms with Crippen molar-refractivity contribution in [3.05, 3.63) is 0 Å². The lowest BCUT2D eigenvalue weighted by atomic mass is 10.0. The maximum absolute atomic E-state index is 11.9. The van der Waals surface area contributed by atoms with Crippen LogP contribution in [-0.2, 0) is 19.1 Å². The first-order chi connectivity index (χ1) is 8.39. The van der Waals surface area contributed by atoms with Crippen LogP contribution >= 0.6 is 0 Å². The second-order valence-corrected chi connectivity index (χ2v) is 4.17. The maximum atomic E-state index is 11.9. The largest absolute Gasteiger partial charge is 0.481 e. The van der Waals surface area contributed by atoms with Crippen molar-refractivity contribution in [2.75, 3.05) is 20.3 Å². The van der Waals surface area contributed by atoms with Crippen molar-refractivity contribution in [1.82, 2.24) is 5.32 Å². The van der Waals surface area contributed by atoms with Crippen molar-refractivity contribution in [2.24, 2.45) is 0 Å². The zero-order valence-electron chi connectivity index (χ0n) is 11.5. The van der Waals surface area contributed by atoms with Crippen molar-refractivity contribution >= 4 is 11.9 Å². The first kappa shape index (κ1) is 16.9. The lowest BCUT2D eigenvalue weighted by Crippen LogP contribution is -2.48. The van der Waals surface area contributed by atoms with Crippen molar-refractivity contribution in [3.63, 3.8) is 0 Å². The molecule has 2 unspecified atom stereocenters. The molecule has 0 aromatic rings. The first-order valence-corrected chi connectivity index (χ1v) is 6.06. The van der Waals surface area contributed by atoms with Crippen molar-refractivity contribution in [2.45, 2.75) is 45.3 Å². The summed E-state index contributed by atoms with van der Waals surface area (Å²) >= 11 is 0. The number of carbonyl (C=O) groups is 2. The number of hydrogen-bond acceptors (Lipinski definition) is 4. The Kier molecular flexibility index (Phi) is 7.54. The normalized spacial score (nSPS) is 15.8. The second kappa shape index (κ2) is 8.05. The van der Waals surface area contributed by atoms with Gasteiger partial charge in [-0.05, 0) is 20.3 Å². The Balaban J connectivity index is 4.33. The van der Waals surface area contributed by atoms with Gasteiger partial charge < -0.3 is 19.9 Å². The zero-order valence-corrected chi connectivity index (χ0v) is 11.5. The predicted octanol–water partition coefficient (Wildman–Crippen LogP) is 0.797. The number of methoxy groups -OCH3 is 1. The van der Waals surface area contributed by atoms with E-state index in [2.05, 4.69) is 5.32 Å². The fraction of sp³-hybridized carbons (Fsp3) is 0.833. The molecule has 2 atom stereocenters. The van der Waals surface area contributed by atoms with E-state index >= 15 is 0 Å².